The van der Waals surface area contributed by atoms with E-state index in [9.17, 15) is 4.79 Å². The predicted octanol–water partition coefficient (Wildman–Crippen LogP) is 2.36. The van der Waals surface area contributed by atoms with Crippen molar-refractivity contribution in [2.75, 3.05) is 37.0 Å². The summed E-state index contributed by atoms with van der Waals surface area (Å²) in [6.07, 6.45) is 1.88. The van der Waals surface area contributed by atoms with Crippen LogP contribution in [0.15, 0.2) is 35.5 Å². The third-order valence-electron chi connectivity index (χ3n) is 4.76. The summed E-state index contributed by atoms with van der Waals surface area (Å²) in [6, 6.07) is 10.5. The van der Waals surface area contributed by atoms with Gasteiger partial charge in [0.1, 0.15) is 0 Å². The number of carbonyl (C=O) groups is 1. The van der Waals surface area contributed by atoms with Gasteiger partial charge in [0.15, 0.2) is 5.16 Å². The fourth-order valence-corrected chi connectivity index (χ4v) is 4.02. The number of hydrogen-bond acceptors (Lipinski definition) is 6. The van der Waals surface area contributed by atoms with Gasteiger partial charge < -0.3 is 15.0 Å². The van der Waals surface area contributed by atoms with Crippen molar-refractivity contribution in [2.24, 2.45) is 0 Å². The second kappa shape index (κ2) is 10.5. The third kappa shape index (κ3) is 5.72. The van der Waals surface area contributed by atoms with E-state index in [1.165, 1.54) is 17.3 Å². The van der Waals surface area contributed by atoms with Gasteiger partial charge in [-0.25, -0.2) is 0 Å². The molecule has 152 valence electrons. The minimum Gasteiger partial charge on any atom is -0.378 e. The average Bonchev–Trinajstić information content (AvgIpc) is 3.15. The molecule has 0 saturated carbocycles. The van der Waals surface area contributed by atoms with Gasteiger partial charge in [-0.15, -0.1) is 10.2 Å². The van der Waals surface area contributed by atoms with Crippen molar-refractivity contribution in [3.63, 3.8) is 0 Å². The molecule has 28 heavy (non-hydrogen) atoms. The largest absolute Gasteiger partial charge is 0.378 e. The summed E-state index contributed by atoms with van der Waals surface area (Å²) in [5.74, 6) is 1.24. The summed E-state index contributed by atoms with van der Waals surface area (Å²) in [4.78, 5) is 14.5. The van der Waals surface area contributed by atoms with Crippen LogP contribution in [-0.4, -0.2) is 58.8 Å². The number of anilines is 1. The smallest absolute Gasteiger partial charge is 0.230 e. The molecule has 0 bridgehead atoms. The van der Waals surface area contributed by atoms with Crippen LogP contribution in [0.1, 0.15) is 25.8 Å². The molecule has 1 atom stereocenters. The maximum absolute atomic E-state index is 12.3. The van der Waals surface area contributed by atoms with Gasteiger partial charge in [-0.05, 0) is 32.3 Å². The number of carbonyl (C=O) groups excluding carboxylic acids is 1. The fourth-order valence-electron chi connectivity index (χ4n) is 3.21. The lowest BCUT2D eigenvalue weighted by molar-refractivity contribution is -0.119. The van der Waals surface area contributed by atoms with E-state index >= 15 is 0 Å². The first-order chi connectivity index (χ1) is 13.7. The topological polar surface area (TPSA) is 72.3 Å². The lowest BCUT2D eigenvalue weighted by atomic mass is 10.1. The predicted molar refractivity (Wildman–Crippen MR) is 112 cm³/mol. The van der Waals surface area contributed by atoms with Crippen molar-refractivity contribution in [3.05, 3.63) is 35.9 Å². The summed E-state index contributed by atoms with van der Waals surface area (Å²) in [7, 11) is 0. The molecule has 8 heteroatoms. The number of hydrogen-bond donors (Lipinski definition) is 1. The van der Waals surface area contributed by atoms with Gasteiger partial charge in [0.2, 0.25) is 11.9 Å². The van der Waals surface area contributed by atoms with Crippen molar-refractivity contribution in [1.29, 1.82) is 0 Å². The van der Waals surface area contributed by atoms with Crippen LogP contribution in [0.4, 0.5) is 5.95 Å². The first-order valence-electron chi connectivity index (χ1n) is 9.89. The van der Waals surface area contributed by atoms with Crippen LogP contribution >= 0.6 is 11.8 Å². The molecule has 1 amide bonds. The molecule has 1 aromatic carbocycles. The minimum absolute atomic E-state index is 0.0316. The highest BCUT2D eigenvalue weighted by Crippen LogP contribution is 2.22. The number of morpholine rings is 1. The molecule has 2 aromatic rings. The molecule has 1 N–H and O–H groups in total. The molecule has 1 fully saturated rings. The summed E-state index contributed by atoms with van der Waals surface area (Å²) in [5, 5.41) is 12.5. The molecular formula is C20H29N5O2S. The number of aromatic nitrogens is 3. The lowest BCUT2D eigenvalue weighted by Crippen LogP contribution is -2.38. The fraction of sp³-hybridized carbons (Fsp3) is 0.550. The Morgan fingerprint density at radius 3 is 2.71 bits per heavy atom. The lowest BCUT2D eigenvalue weighted by Gasteiger charge is -2.27. The standard InChI is InChI=1S/C20H29N5O2S/c1-3-25-19(24-11-13-27-14-12-24)22-23-20(25)28-15-18(26)21-16(2)9-10-17-7-5-4-6-8-17/h4-8,16H,3,9-15H2,1-2H3,(H,21,26)/t16-/m1/s1. The molecule has 1 aromatic heterocycles. The number of thioether (sulfide) groups is 1. The van der Waals surface area contributed by atoms with E-state index in [0.29, 0.717) is 19.0 Å². The van der Waals surface area contributed by atoms with Crippen molar-refractivity contribution >= 4 is 23.6 Å². The highest BCUT2D eigenvalue weighted by Gasteiger charge is 2.20. The molecule has 1 saturated heterocycles. The maximum atomic E-state index is 12.3. The van der Waals surface area contributed by atoms with Gasteiger partial charge in [-0.2, -0.15) is 0 Å². The first-order valence-corrected chi connectivity index (χ1v) is 10.9. The van der Waals surface area contributed by atoms with E-state index in [-0.39, 0.29) is 11.9 Å². The molecule has 7 nitrogen and oxygen atoms in total. The molecule has 0 spiro atoms. The van der Waals surface area contributed by atoms with E-state index in [0.717, 1.165) is 43.6 Å². The second-order valence-electron chi connectivity index (χ2n) is 6.91. The van der Waals surface area contributed by atoms with E-state index < -0.39 is 0 Å². The van der Waals surface area contributed by atoms with Crippen molar-refractivity contribution in [3.8, 4) is 0 Å². The number of ether oxygens (including phenoxy) is 1. The Morgan fingerprint density at radius 2 is 2.00 bits per heavy atom. The van der Waals surface area contributed by atoms with Crippen LogP contribution in [0.2, 0.25) is 0 Å². The Bertz CT molecular complexity index is 746. The summed E-state index contributed by atoms with van der Waals surface area (Å²) in [6.45, 7) is 7.96. The van der Waals surface area contributed by atoms with Gasteiger partial charge in [0.25, 0.3) is 0 Å². The highest BCUT2D eigenvalue weighted by atomic mass is 32.2. The summed E-state index contributed by atoms with van der Waals surface area (Å²) >= 11 is 1.44. The Balaban J connectivity index is 1.46. The number of aryl methyl sites for hydroxylation is 1. The average molecular weight is 404 g/mol. The zero-order valence-corrected chi connectivity index (χ0v) is 17.5. The third-order valence-corrected chi connectivity index (χ3v) is 5.72. The number of nitrogens with one attached hydrogen (secondary N) is 1. The van der Waals surface area contributed by atoms with Gasteiger partial charge in [-0.1, -0.05) is 42.1 Å². The monoisotopic (exact) mass is 403 g/mol. The van der Waals surface area contributed by atoms with E-state index in [1.54, 1.807) is 0 Å². The quantitative estimate of drug-likeness (QED) is 0.648. The van der Waals surface area contributed by atoms with Crippen LogP contribution in [0.25, 0.3) is 0 Å². The Labute approximate surface area is 170 Å². The number of rotatable bonds is 9. The van der Waals surface area contributed by atoms with Crippen LogP contribution in [0.3, 0.4) is 0 Å². The van der Waals surface area contributed by atoms with Gasteiger partial charge in [-0.3, -0.25) is 9.36 Å². The van der Waals surface area contributed by atoms with E-state index in [4.69, 9.17) is 4.74 Å². The number of amides is 1. The van der Waals surface area contributed by atoms with Crippen molar-refractivity contribution < 1.29 is 9.53 Å². The molecule has 2 heterocycles. The zero-order chi connectivity index (χ0) is 19.8. The van der Waals surface area contributed by atoms with E-state index in [1.807, 2.05) is 18.2 Å². The molecular weight excluding hydrogens is 374 g/mol. The number of benzene rings is 1. The second-order valence-corrected chi connectivity index (χ2v) is 7.85. The van der Waals surface area contributed by atoms with Crippen LogP contribution < -0.4 is 10.2 Å². The minimum atomic E-state index is 0.0316. The molecule has 1 aliphatic heterocycles. The zero-order valence-electron chi connectivity index (χ0n) is 16.6. The Hall–Kier alpha value is -2.06. The summed E-state index contributed by atoms with van der Waals surface area (Å²) < 4.78 is 7.48. The summed E-state index contributed by atoms with van der Waals surface area (Å²) in [5.41, 5.74) is 1.30. The van der Waals surface area contributed by atoms with Crippen LogP contribution in [0, 0.1) is 0 Å². The van der Waals surface area contributed by atoms with Gasteiger partial charge in [0.05, 0.1) is 19.0 Å². The molecule has 3 rings (SSSR count). The molecule has 0 unspecified atom stereocenters. The number of nitrogens with zero attached hydrogens (tertiary/aromatic N) is 4. The molecule has 0 aliphatic carbocycles. The van der Waals surface area contributed by atoms with Crippen LogP contribution in [0.5, 0.6) is 0 Å². The van der Waals surface area contributed by atoms with Crippen molar-refractivity contribution in [2.45, 2.75) is 44.4 Å². The Kier molecular flexibility index (Phi) is 7.73. The normalized spacial score (nSPS) is 15.4. The first kappa shape index (κ1) is 20.7. The van der Waals surface area contributed by atoms with Gasteiger partial charge in [0, 0.05) is 25.7 Å². The molecule has 1 aliphatic rings. The molecule has 0 radical (unpaired) electrons. The maximum Gasteiger partial charge on any atom is 0.230 e. The highest BCUT2D eigenvalue weighted by molar-refractivity contribution is 7.99. The SMILES string of the molecule is CCn1c(SCC(=O)N[C@H](C)CCc2ccccc2)nnc1N1CCOCC1. The Morgan fingerprint density at radius 1 is 1.25 bits per heavy atom. The van der Waals surface area contributed by atoms with Gasteiger partial charge >= 0.3 is 0 Å². The van der Waals surface area contributed by atoms with Crippen LogP contribution in [-0.2, 0) is 22.5 Å². The van der Waals surface area contributed by atoms with Crippen molar-refractivity contribution in [1.82, 2.24) is 20.1 Å². The van der Waals surface area contributed by atoms with E-state index in [2.05, 4.69) is 51.0 Å².